The van der Waals surface area contributed by atoms with Crippen molar-refractivity contribution in [2.45, 2.75) is 19.6 Å². The van der Waals surface area contributed by atoms with Crippen molar-refractivity contribution >= 4 is 5.91 Å². The van der Waals surface area contributed by atoms with Gasteiger partial charge >= 0.3 is 0 Å². The van der Waals surface area contributed by atoms with E-state index < -0.39 is 11.9 Å². The lowest BCUT2D eigenvalue weighted by molar-refractivity contribution is -0.127. The summed E-state index contributed by atoms with van der Waals surface area (Å²) in [6.07, 6.45) is -0.782. The summed E-state index contributed by atoms with van der Waals surface area (Å²) in [4.78, 5) is 12.0. The van der Waals surface area contributed by atoms with Crippen LogP contribution < -0.4 is 14.8 Å². The number of carbonyl (C=O) groups is 1. The van der Waals surface area contributed by atoms with E-state index in [2.05, 4.69) is 5.32 Å². The molecule has 0 aliphatic heterocycles. The zero-order chi connectivity index (χ0) is 15.9. The van der Waals surface area contributed by atoms with Crippen LogP contribution in [0.2, 0.25) is 0 Å². The second-order valence-electron chi connectivity index (χ2n) is 4.76. The summed E-state index contributed by atoms with van der Waals surface area (Å²) >= 11 is 0. The van der Waals surface area contributed by atoms with Crippen molar-refractivity contribution in [2.75, 3.05) is 7.11 Å². The monoisotopic (exact) mass is 303 g/mol. The van der Waals surface area contributed by atoms with Gasteiger partial charge < -0.3 is 14.8 Å². The smallest absolute Gasteiger partial charge is 0.261 e. The van der Waals surface area contributed by atoms with Gasteiger partial charge in [0.1, 0.15) is 5.75 Å². The highest BCUT2D eigenvalue weighted by atomic mass is 19.1. The number of para-hydroxylation sites is 1. The molecular formula is C17H18FNO3. The lowest BCUT2D eigenvalue weighted by Crippen LogP contribution is -2.36. The minimum absolute atomic E-state index is 0.0644. The molecule has 1 unspecified atom stereocenters. The molecule has 116 valence electrons. The second-order valence-corrected chi connectivity index (χ2v) is 4.76. The Balaban J connectivity index is 1.87. The highest BCUT2D eigenvalue weighted by molar-refractivity contribution is 5.80. The Morgan fingerprint density at radius 3 is 2.50 bits per heavy atom. The highest BCUT2D eigenvalue weighted by Crippen LogP contribution is 2.17. The molecular weight excluding hydrogens is 285 g/mol. The maximum absolute atomic E-state index is 13.5. The molecule has 0 bridgehead atoms. The van der Waals surface area contributed by atoms with Gasteiger partial charge in [0.2, 0.25) is 0 Å². The summed E-state index contributed by atoms with van der Waals surface area (Å²) in [5, 5.41) is 2.75. The molecule has 2 aromatic carbocycles. The first-order valence-electron chi connectivity index (χ1n) is 6.92. The molecule has 0 aromatic heterocycles. The van der Waals surface area contributed by atoms with Crippen LogP contribution in [-0.2, 0) is 11.3 Å². The summed E-state index contributed by atoms with van der Waals surface area (Å²) in [6, 6.07) is 13.4. The standard InChI is InChI=1S/C17H18FNO3/c1-12(22-16-6-4-3-5-15(16)18)17(20)19-11-13-7-9-14(21-2)10-8-13/h3-10,12H,11H2,1-2H3,(H,19,20). The first-order valence-corrected chi connectivity index (χ1v) is 6.92. The molecule has 0 saturated heterocycles. The Morgan fingerprint density at radius 1 is 1.18 bits per heavy atom. The number of hydrogen-bond acceptors (Lipinski definition) is 3. The number of nitrogens with one attached hydrogen (secondary N) is 1. The van der Waals surface area contributed by atoms with Gasteiger partial charge in [-0.25, -0.2) is 4.39 Å². The molecule has 1 amide bonds. The van der Waals surface area contributed by atoms with Gasteiger partial charge in [-0.15, -0.1) is 0 Å². The van der Waals surface area contributed by atoms with Gasteiger partial charge in [-0.2, -0.15) is 0 Å². The Morgan fingerprint density at radius 2 is 1.86 bits per heavy atom. The lowest BCUT2D eigenvalue weighted by atomic mass is 10.2. The van der Waals surface area contributed by atoms with Crippen LogP contribution in [0.4, 0.5) is 4.39 Å². The topological polar surface area (TPSA) is 47.6 Å². The fourth-order valence-corrected chi connectivity index (χ4v) is 1.86. The fraction of sp³-hybridized carbons (Fsp3) is 0.235. The summed E-state index contributed by atoms with van der Waals surface area (Å²) in [5.41, 5.74) is 0.937. The van der Waals surface area contributed by atoms with Gasteiger partial charge in [0.15, 0.2) is 17.7 Å². The zero-order valence-electron chi connectivity index (χ0n) is 12.5. The number of halogens is 1. The number of hydrogen-bond donors (Lipinski definition) is 1. The summed E-state index contributed by atoms with van der Waals surface area (Å²) in [7, 11) is 1.60. The number of methoxy groups -OCH3 is 1. The van der Waals surface area contributed by atoms with Crippen LogP contribution in [-0.4, -0.2) is 19.1 Å². The number of benzene rings is 2. The normalized spacial score (nSPS) is 11.6. The quantitative estimate of drug-likeness (QED) is 0.892. The first-order chi connectivity index (χ1) is 10.6. The minimum atomic E-state index is -0.782. The van der Waals surface area contributed by atoms with E-state index in [9.17, 15) is 9.18 Å². The highest BCUT2D eigenvalue weighted by Gasteiger charge is 2.15. The second kappa shape index (κ2) is 7.45. The molecule has 0 spiro atoms. The van der Waals surface area contributed by atoms with Gasteiger partial charge in [-0.3, -0.25) is 4.79 Å². The van der Waals surface area contributed by atoms with E-state index in [0.717, 1.165) is 11.3 Å². The molecule has 4 nitrogen and oxygen atoms in total. The van der Waals surface area contributed by atoms with Gasteiger partial charge in [0.25, 0.3) is 5.91 Å². The zero-order valence-corrected chi connectivity index (χ0v) is 12.5. The van der Waals surface area contributed by atoms with E-state index in [1.54, 1.807) is 26.2 Å². The maximum Gasteiger partial charge on any atom is 0.261 e. The van der Waals surface area contributed by atoms with Crippen molar-refractivity contribution in [2.24, 2.45) is 0 Å². The average molecular weight is 303 g/mol. The molecule has 0 aliphatic rings. The molecule has 2 aromatic rings. The minimum Gasteiger partial charge on any atom is -0.497 e. The Hall–Kier alpha value is -2.56. The summed E-state index contributed by atoms with van der Waals surface area (Å²) < 4.78 is 23.9. The number of amides is 1. The van der Waals surface area contributed by atoms with E-state index in [1.165, 1.54) is 12.1 Å². The molecule has 0 fully saturated rings. The molecule has 5 heteroatoms. The first kappa shape index (κ1) is 15.8. The van der Waals surface area contributed by atoms with Crippen LogP contribution >= 0.6 is 0 Å². The predicted molar refractivity (Wildman–Crippen MR) is 81.3 cm³/mol. The van der Waals surface area contributed by atoms with Crippen LogP contribution in [0, 0.1) is 5.82 Å². The van der Waals surface area contributed by atoms with Crippen molar-refractivity contribution in [1.29, 1.82) is 0 Å². The van der Waals surface area contributed by atoms with Crippen molar-refractivity contribution in [3.05, 3.63) is 59.9 Å². The van der Waals surface area contributed by atoms with Crippen LogP contribution in [0.1, 0.15) is 12.5 Å². The summed E-state index contributed by atoms with van der Waals surface area (Å²) in [5.74, 6) is 0.0253. The maximum atomic E-state index is 13.5. The molecule has 0 radical (unpaired) electrons. The van der Waals surface area contributed by atoms with Gasteiger partial charge in [0, 0.05) is 6.54 Å². The third kappa shape index (κ3) is 4.22. The van der Waals surface area contributed by atoms with Crippen LogP contribution in [0.15, 0.2) is 48.5 Å². The summed E-state index contributed by atoms with van der Waals surface area (Å²) in [6.45, 7) is 1.95. The van der Waals surface area contributed by atoms with E-state index in [1.807, 2.05) is 24.3 Å². The van der Waals surface area contributed by atoms with E-state index in [-0.39, 0.29) is 11.7 Å². The van der Waals surface area contributed by atoms with E-state index >= 15 is 0 Å². The number of carbonyl (C=O) groups excluding carboxylic acids is 1. The molecule has 2 rings (SSSR count). The van der Waals surface area contributed by atoms with Crippen molar-refractivity contribution in [1.82, 2.24) is 5.32 Å². The lowest BCUT2D eigenvalue weighted by Gasteiger charge is -2.15. The van der Waals surface area contributed by atoms with Crippen molar-refractivity contribution < 1.29 is 18.7 Å². The van der Waals surface area contributed by atoms with Gasteiger partial charge in [-0.05, 0) is 36.8 Å². The predicted octanol–water partition coefficient (Wildman–Crippen LogP) is 2.92. The average Bonchev–Trinajstić information content (AvgIpc) is 2.55. The Kier molecular flexibility index (Phi) is 5.36. The SMILES string of the molecule is COc1ccc(CNC(=O)C(C)Oc2ccccc2F)cc1. The fourth-order valence-electron chi connectivity index (χ4n) is 1.86. The van der Waals surface area contributed by atoms with Crippen LogP contribution in [0.3, 0.4) is 0 Å². The largest absolute Gasteiger partial charge is 0.497 e. The molecule has 0 saturated carbocycles. The Labute approximate surface area is 128 Å². The molecule has 1 N–H and O–H groups in total. The molecule has 22 heavy (non-hydrogen) atoms. The number of rotatable bonds is 6. The van der Waals surface area contributed by atoms with Gasteiger partial charge in [0.05, 0.1) is 7.11 Å². The third-order valence-corrected chi connectivity index (χ3v) is 3.14. The Bertz CT molecular complexity index is 628. The van der Waals surface area contributed by atoms with Crippen LogP contribution in [0.5, 0.6) is 11.5 Å². The number of ether oxygens (including phenoxy) is 2. The van der Waals surface area contributed by atoms with E-state index in [0.29, 0.717) is 6.54 Å². The van der Waals surface area contributed by atoms with Crippen molar-refractivity contribution in [3.8, 4) is 11.5 Å². The van der Waals surface area contributed by atoms with E-state index in [4.69, 9.17) is 9.47 Å². The molecule has 0 heterocycles. The third-order valence-electron chi connectivity index (χ3n) is 3.14. The molecule has 0 aliphatic carbocycles. The van der Waals surface area contributed by atoms with Gasteiger partial charge in [-0.1, -0.05) is 24.3 Å². The molecule has 1 atom stereocenters. The van der Waals surface area contributed by atoms with Crippen molar-refractivity contribution in [3.63, 3.8) is 0 Å². The van der Waals surface area contributed by atoms with Crippen LogP contribution in [0.25, 0.3) is 0 Å².